The lowest BCUT2D eigenvalue weighted by Crippen LogP contribution is -2.10. The van der Waals surface area contributed by atoms with Crippen LogP contribution in [0.5, 0.6) is 0 Å². The van der Waals surface area contributed by atoms with Gasteiger partial charge in [0.15, 0.2) is 5.69 Å². The molecule has 0 unspecified atom stereocenters. The first kappa shape index (κ1) is 11.4. The van der Waals surface area contributed by atoms with Gasteiger partial charge in [0.25, 0.3) is 0 Å². The van der Waals surface area contributed by atoms with Crippen LogP contribution in [0.25, 0.3) is 5.52 Å². The number of alkyl halides is 3. The van der Waals surface area contributed by atoms with Crippen LogP contribution in [0, 0.1) is 6.92 Å². The fourth-order valence-electron chi connectivity index (χ4n) is 1.66. The molecule has 0 aliphatic heterocycles. The van der Waals surface area contributed by atoms with Crippen LogP contribution >= 0.6 is 0 Å². The Kier molecular flexibility index (Phi) is 2.34. The molecule has 0 aliphatic carbocycles. The Balaban J connectivity index is 2.90. The third-order valence-corrected chi connectivity index (χ3v) is 2.32. The SMILES string of the molecule is Cc1cccn2c(C(F)(F)F)nc(C(=O)O)c12. The molecule has 90 valence electrons. The Hall–Kier alpha value is -2.05. The maximum Gasteiger partial charge on any atom is 0.450 e. The van der Waals surface area contributed by atoms with E-state index in [-0.39, 0.29) is 5.52 Å². The minimum absolute atomic E-state index is 0.0349. The number of carboxylic acids is 1. The standard InChI is InChI=1S/C10H7F3N2O2/c1-5-3-2-4-15-7(5)6(8(16)17)14-9(15)10(11,12)13/h2-4H,1H3,(H,16,17). The van der Waals surface area contributed by atoms with Gasteiger partial charge in [-0.1, -0.05) is 6.07 Å². The maximum atomic E-state index is 12.7. The van der Waals surface area contributed by atoms with Gasteiger partial charge in [-0.25, -0.2) is 9.78 Å². The van der Waals surface area contributed by atoms with Crippen molar-refractivity contribution in [3.63, 3.8) is 0 Å². The summed E-state index contributed by atoms with van der Waals surface area (Å²) in [5.74, 6) is -2.71. The lowest BCUT2D eigenvalue weighted by molar-refractivity contribution is -0.145. The van der Waals surface area contributed by atoms with Gasteiger partial charge >= 0.3 is 12.1 Å². The van der Waals surface area contributed by atoms with Crippen molar-refractivity contribution in [3.05, 3.63) is 35.4 Å². The van der Waals surface area contributed by atoms with E-state index in [9.17, 15) is 18.0 Å². The van der Waals surface area contributed by atoms with Gasteiger partial charge < -0.3 is 5.11 Å². The van der Waals surface area contributed by atoms with Gasteiger partial charge in [-0.15, -0.1) is 0 Å². The number of imidazole rings is 1. The molecule has 0 saturated heterocycles. The fraction of sp³-hybridized carbons (Fsp3) is 0.200. The van der Waals surface area contributed by atoms with Crippen molar-refractivity contribution >= 4 is 11.5 Å². The number of carboxylic acid groups (broad SMARTS) is 1. The van der Waals surface area contributed by atoms with Crippen molar-refractivity contribution in [2.75, 3.05) is 0 Å². The highest BCUT2D eigenvalue weighted by atomic mass is 19.4. The fourth-order valence-corrected chi connectivity index (χ4v) is 1.66. The molecular formula is C10H7F3N2O2. The number of hydrogen-bond donors (Lipinski definition) is 1. The lowest BCUT2D eigenvalue weighted by atomic mass is 10.2. The molecule has 0 spiro atoms. The number of aromatic carboxylic acids is 1. The zero-order valence-corrected chi connectivity index (χ0v) is 8.62. The summed E-state index contributed by atoms with van der Waals surface area (Å²) in [7, 11) is 0. The Labute approximate surface area is 93.3 Å². The molecule has 0 saturated carbocycles. The molecule has 2 aromatic rings. The maximum absolute atomic E-state index is 12.7. The molecule has 7 heteroatoms. The average Bonchev–Trinajstić information content (AvgIpc) is 2.57. The molecule has 0 radical (unpaired) electrons. The molecule has 2 aromatic heterocycles. The summed E-state index contributed by atoms with van der Waals surface area (Å²) >= 11 is 0. The van der Waals surface area contributed by atoms with Crippen LogP contribution in [-0.2, 0) is 6.18 Å². The summed E-state index contributed by atoms with van der Waals surface area (Å²) in [4.78, 5) is 14.0. The largest absolute Gasteiger partial charge is 0.476 e. The first-order valence-corrected chi connectivity index (χ1v) is 4.60. The Bertz CT molecular complexity index is 601. The van der Waals surface area contributed by atoms with Crippen molar-refractivity contribution < 1.29 is 23.1 Å². The zero-order chi connectivity index (χ0) is 12.8. The van der Waals surface area contributed by atoms with E-state index in [4.69, 9.17) is 5.11 Å². The van der Waals surface area contributed by atoms with Crippen LogP contribution in [0.4, 0.5) is 13.2 Å². The summed E-state index contributed by atoms with van der Waals surface area (Å²) in [6.45, 7) is 1.53. The first-order valence-electron chi connectivity index (χ1n) is 4.60. The monoisotopic (exact) mass is 244 g/mol. The quantitative estimate of drug-likeness (QED) is 0.837. The summed E-state index contributed by atoms with van der Waals surface area (Å²) in [5, 5.41) is 8.84. The Morgan fingerprint density at radius 2 is 2.12 bits per heavy atom. The van der Waals surface area contributed by atoms with E-state index in [2.05, 4.69) is 4.98 Å². The van der Waals surface area contributed by atoms with Gasteiger partial charge in [-0.3, -0.25) is 4.40 Å². The molecule has 0 atom stereocenters. The molecule has 0 aromatic carbocycles. The predicted molar refractivity (Wildman–Crippen MR) is 51.9 cm³/mol. The van der Waals surface area contributed by atoms with E-state index >= 15 is 0 Å². The highest BCUT2D eigenvalue weighted by Gasteiger charge is 2.38. The molecule has 2 heterocycles. The van der Waals surface area contributed by atoms with Gasteiger partial charge in [0.1, 0.15) is 0 Å². The first-order chi connectivity index (χ1) is 7.82. The van der Waals surface area contributed by atoms with Crippen LogP contribution in [0.2, 0.25) is 0 Å². The second kappa shape index (κ2) is 3.47. The van der Waals surface area contributed by atoms with Crippen molar-refractivity contribution in [3.8, 4) is 0 Å². The van der Waals surface area contributed by atoms with Crippen LogP contribution < -0.4 is 0 Å². The van der Waals surface area contributed by atoms with Gasteiger partial charge in [0.05, 0.1) is 5.52 Å². The molecule has 0 fully saturated rings. The minimum Gasteiger partial charge on any atom is -0.476 e. The predicted octanol–water partition coefficient (Wildman–Crippen LogP) is 2.36. The Morgan fingerprint density at radius 1 is 1.47 bits per heavy atom. The van der Waals surface area contributed by atoms with Crippen molar-refractivity contribution in [1.82, 2.24) is 9.38 Å². The van der Waals surface area contributed by atoms with Crippen LogP contribution in [0.1, 0.15) is 21.9 Å². The molecule has 2 rings (SSSR count). The summed E-state index contributed by atoms with van der Waals surface area (Å²) in [5.41, 5.74) is -0.198. The summed E-state index contributed by atoms with van der Waals surface area (Å²) in [6.07, 6.45) is -3.55. The molecular weight excluding hydrogens is 237 g/mol. The number of hydrogen-bond acceptors (Lipinski definition) is 2. The highest BCUT2D eigenvalue weighted by molar-refractivity contribution is 5.94. The molecule has 1 N–H and O–H groups in total. The second-order valence-electron chi connectivity index (χ2n) is 3.50. The van der Waals surface area contributed by atoms with Crippen LogP contribution in [0.15, 0.2) is 18.3 Å². The van der Waals surface area contributed by atoms with Crippen LogP contribution in [-0.4, -0.2) is 20.5 Å². The number of nitrogens with zero attached hydrogens (tertiary/aromatic N) is 2. The van der Waals surface area contributed by atoms with Crippen molar-refractivity contribution in [1.29, 1.82) is 0 Å². The van der Waals surface area contributed by atoms with Crippen molar-refractivity contribution in [2.45, 2.75) is 13.1 Å². The number of aromatic nitrogens is 2. The number of fused-ring (bicyclic) bond motifs is 1. The number of halogens is 3. The smallest absolute Gasteiger partial charge is 0.450 e. The van der Waals surface area contributed by atoms with Gasteiger partial charge in [0, 0.05) is 6.20 Å². The van der Waals surface area contributed by atoms with E-state index in [0.717, 1.165) is 10.6 Å². The van der Waals surface area contributed by atoms with E-state index in [1.165, 1.54) is 19.1 Å². The van der Waals surface area contributed by atoms with Gasteiger partial charge in [-0.2, -0.15) is 13.2 Å². The highest BCUT2D eigenvalue weighted by Crippen LogP contribution is 2.31. The Morgan fingerprint density at radius 3 is 2.65 bits per heavy atom. The third kappa shape index (κ3) is 1.73. The van der Waals surface area contributed by atoms with E-state index < -0.39 is 23.7 Å². The summed E-state index contributed by atoms with van der Waals surface area (Å²) < 4.78 is 38.7. The normalized spacial score (nSPS) is 12.0. The average molecular weight is 244 g/mol. The molecule has 4 nitrogen and oxygen atoms in total. The zero-order valence-electron chi connectivity index (χ0n) is 8.62. The molecule has 0 bridgehead atoms. The van der Waals surface area contributed by atoms with Crippen molar-refractivity contribution in [2.24, 2.45) is 0 Å². The second-order valence-corrected chi connectivity index (χ2v) is 3.50. The lowest BCUT2D eigenvalue weighted by Gasteiger charge is -2.05. The summed E-state index contributed by atoms with van der Waals surface area (Å²) in [6, 6.07) is 2.94. The van der Waals surface area contributed by atoms with Crippen LogP contribution in [0.3, 0.4) is 0 Å². The number of pyridine rings is 1. The minimum atomic E-state index is -4.69. The molecule has 0 amide bonds. The topological polar surface area (TPSA) is 54.6 Å². The van der Waals surface area contributed by atoms with Gasteiger partial charge in [-0.05, 0) is 18.6 Å². The van der Waals surface area contributed by atoms with Gasteiger partial charge in [0.2, 0.25) is 5.82 Å². The molecule has 0 aliphatic rings. The number of carbonyl (C=O) groups is 1. The number of rotatable bonds is 1. The van der Waals surface area contributed by atoms with E-state index in [1.54, 1.807) is 0 Å². The third-order valence-electron chi connectivity index (χ3n) is 2.32. The van der Waals surface area contributed by atoms with E-state index in [0.29, 0.717) is 5.56 Å². The number of aryl methyl sites for hydroxylation is 1. The van der Waals surface area contributed by atoms with E-state index in [1.807, 2.05) is 0 Å². The molecule has 17 heavy (non-hydrogen) atoms.